The summed E-state index contributed by atoms with van der Waals surface area (Å²) in [7, 11) is 0. The Morgan fingerprint density at radius 3 is 1.93 bits per heavy atom. The van der Waals surface area contributed by atoms with Gasteiger partial charge in [0.2, 0.25) is 5.95 Å². The minimum atomic E-state index is 0.591. The first-order valence-corrected chi connectivity index (χ1v) is 10.1. The number of nitrogens with one attached hydrogen (secondary N) is 1. The standard InChI is InChI=1S/C23H20N4S/c1-4-10-18(11-5-1)16-24-22-25-21(20-14-8-3-9-15-20)26-23(27-22)28-17-19-12-6-2-7-13-19/h1-15H,16-17H2,(H,24,25,26,27). The maximum absolute atomic E-state index is 4.67. The van der Waals surface area contributed by atoms with Gasteiger partial charge in [0.15, 0.2) is 11.0 Å². The van der Waals surface area contributed by atoms with Crippen molar-refractivity contribution in [3.8, 4) is 11.4 Å². The van der Waals surface area contributed by atoms with Crippen molar-refractivity contribution in [2.45, 2.75) is 17.5 Å². The van der Waals surface area contributed by atoms with Crippen LogP contribution in [0, 0.1) is 0 Å². The van der Waals surface area contributed by atoms with Crippen LogP contribution in [0.2, 0.25) is 0 Å². The molecule has 138 valence electrons. The van der Waals surface area contributed by atoms with Crippen LogP contribution >= 0.6 is 11.8 Å². The molecular weight excluding hydrogens is 364 g/mol. The second-order valence-corrected chi connectivity index (χ2v) is 7.19. The molecule has 1 aromatic heterocycles. The largest absolute Gasteiger partial charge is 0.350 e. The summed E-state index contributed by atoms with van der Waals surface area (Å²) in [5, 5.41) is 4.05. The number of anilines is 1. The molecular formula is C23H20N4S. The predicted molar refractivity (Wildman–Crippen MR) is 115 cm³/mol. The number of rotatable bonds is 7. The molecule has 0 radical (unpaired) electrons. The van der Waals surface area contributed by atoms with Crippen LogP contribution < -0.4 is 5.32 Å². The second-order valence-electron chi connectivity index (χ2n) is 6.24. The zero-order chi connectivity index (χ0) is 19.0. The Bertz CT molecular complexity index is 947. The highest BCUT2D eigenvalue weighted by Gasteiger charge is 2.09. The molecule has 3 aromatic carbocycles. The van der Waals surface area contributed by atoms with Crippen LogP contribution in [0.5, 0.6) is 0 Å². The van der Waals surface area contributed by atoms with Crippen molar-refractivity contribution >= 4 is 17.7 Å². The molecule has 4 nitrogen and oxygen atoms in total. The maximum Gasteiger partial charge on any atom is 0.227 e. The summed E-state index contributed by atoms with van der Waals surface area (Å²) in [5.41, 5.74) is 3.41. The van der Waals surface area contributed by atoms with E-state index in [1.807, 2.05) is 66.7 Å². The van der Waals surface area contributed by atoms with E-state index >= 15 is 0 Å². The first-order chi connectivity index (χ1) is 13.9. The van der Waals surface area contributed by atoms with Crippen molar-refractivity contribution in [3.05, 3.63) is 102 Å². The summed E-state index contributed by atoms with van der Waals surface area (Å²) < 4.78 is 0. The van der Waals surface area contributed by atoms with E-state index in [9.17, 15) is 0 Å². The summed E-state index contributed by atoms with van der Waals surface area (Å²) in [6, 6.07) is 30.6. The molecule has 1 heterocycles. The van der Waals surface area contributed by atoms with Gasteiger partial charge in [0.05, 0.1) is 0 Å². The monoisotopic (exact) mass is 384 g/mol. The van der Waals surface area contributed by atoms with Crippen LogP contribution in [-0.2, 0) is 12.3 Å². The number of hydrogen-bond acceptors (Lipinski definition) is 5. The van der Waals surface area contributed by atoms with Gasteiger partial charge in [-0.15, -0.1) is 0 Å². The summed E-state index contributed by atoms with van der Waals surface area (Å²) in [6.45, 7) is 0.669. The molecule has 0 aliphatic rings. The SMILES string of the molecule is c1ccc(CNc2nc(SCc3ccccc3)nc(-c3ccccc3)n2)cc1. The highest BCUT2D eigenvalue weighted by atomic mass is 32.2. The second kappa shape index (κ2) is 9.15. The fourth-order valence-corrected chi connectivity index (χ4v) is 3.51. The van der Waals surface area contributed by atoms with Gasteiger partial charge in [-0.05, 0) is 11.1 Å². The fraction of sp³-hybridized carbons (Fsp3) is 0.0870. The third-order valence-corrected chi connectivity index (χ3v) is 5.07. The Labute approximate surface area is 169 Å². The van der Waals surface area contributed by atoms with Crippen LogP contribution in [0.1, 0.15) is 11.1 Å². The Morgan fingerprint density at radius 2 is 1.25 bits per heavy atom. The summed E-state index contributed by atoms with van der Waals surface area (Å²) in [6.07, 6.45) is 0. The summed E-state index contributed by atoms with van der Waals surface area (Å²) in [4.78, 5) is 13.9. The predicted octanol–water partition coefficient (Wildman–Crippen LogP) is 5.44. The Hall–Kier alpha value is -3.18. The third kappa shape index (κ3) is 4.96. The van der Waals surface area contributed by atoms with Crippen LogP contribution in [0.25, 0.3) is 11.4 Å². The van der Waals surface area contributed by atoms with E-state index < -0.39 is 0 Å². The van der Waals surface area contributed by atoms with E-state index in [0.717, 1.165) is 11.3 Å². The third-order valence-electron chi connectivity index (χ3n) is 4.15. The zero-order valence-corrected chi connectivity index (χ0v) is 16.1. The van der Waals surface area contributed by atoms with Crippen LogP contribution in [-0.4, -0.2) is 15.0 Å². The van der Waals surface area contributed by atoms with E-state index in [-0.39, 0.29) is 0 Å². The van der Waals surface area contributed by atoms with Crippen molar-refractivity contribution in [2.24, 2.45) is 0 Å². The van der Waals surface area contributed by atoms with Crippen LogP contribution in [0.15, 0.2) is 96.2 Å². The first-order valence-electron chi connectivity index (χ1n) is 9.13. The molecule has 28 heavy (non-hydrogen) atoms. The smallest absolute Gasteiger partial charge is 0.227 e. The van der Waals surface area contributed by atoms with Gasteiger partial charge in [-0.3, -0.25) is 0 Å². The van der Waals surface area contributed by atoms with Gasteiger partial charge in [-0.2, -0.15) is 9.97 Å². The van der Waals surface area contributed by atoms with E-state index in [2.05, 4.69) is 44.5 Å². The van der Waals surface area contributed by atoms with Crippen molar-refractivity contribution in [1.82, 2.24) is 15.0 Å². The number of hydrogen-bond donors (Lipinski definition) is 1. The fourth-order valence-electron chi connectivity index (χ4n) is 2.72. The maximum atomic E-state index is 4.67. The minimum Gasteiger partial charge on any atom is -0.350 e. The normalized spacial score (nSPS) is 10.6. The lowest BCUT2D eigenvalue weighted by Gasteiger charge is -2.09. The van der Waals surface area contributed by atoms with Gasteiger partial charge in [0, 0.05) is 17.9 Å². The molecule has 0 aliphatic heterocycles. The average molecular weight is 385 g/mol. The molecule has 0 bridgehead atoms. The molecule has 0 saturated heterocycles. The molecule has 0 fully saturated rings. The summed E-state index contributed by atoms with van der Waals surface area (Å²) >= 11 is 1.62. The van der Waals surface area contributed by atoms with Crippen molar-refractivity contribution in [1.29, 1.82) is 0 Å². The number of aromatic nitrogens is 3. The molecule has 5 heteroatoms. The van der Waals surface area contributed by atoms with Gasteiger partial charge in [-0.1, -0.05) is 103 Å². The molecule has 4 aromatic rings. The molecule has 1 N–H and O–H groups in total. The van der Waals surface area contributed by atoms with E-state index in [1.165, 1.54) is 11.1 Å². The molecule has 4 rings (SSSR count). The molecule has 0 unspecified atom stereocenters. The van der Waals surface area contributed by atoms with Gasteiger partial charge < -0.3 is 5.32 Å². The van der Waals surface area contributed by atoms with Crippen molar-refractivity contribution in [2.75, 3.05) is 5.32 Å². The zero-order valence-electron chi connectivity index (χ0n) is 15.3. The Morgan fingerprint density at radius 1 is 0.643 bits per heavy atom. The molecule has 0 aliphatic carbocycles. The lowest BCUT2D eigenvalue weighted by atomic mass is 10.2. The topological polar surface area (TPSA) is 50.7 Å². The summed E-state index contributed by atoms with van der Waals surface area (Å²) in [5.74, 6) is 2.09. The first kappa shape index (κ1) is 18.2. The highest BCUT2D eigenvalue weighted by molar-refractivity contribution is 7.98. The van der Waals surface area contributed by atoms with Crippen molar-refractivity contribution in [3.63, 3.8) is 0 Å². The molecule has 0 saturated carbocycles. The lowest BCUT2D eigenvalue weighted by molar-refractivity contribution is 0.900. The van der Waals surface area contributed by atoms with Crippen molar-refractivity contribution < 1.29 is 0 Å². The van der Waals surface area contributed by atoms with E-state index in [4.69, 9.17) is 0 Å². The minimum absolute atomic E-state index is 0.591. The average Bonchev–Trinajstić information content (AvgIpc) is 2.78. The van der Waals surface area contributed by atoms with Crippen LogP contribution in [0.3, 0.4) is 0 Å². The van der Waals surface area contributed by atoms with Crippen LogP contribution in [0.4, 0.5) is 5.95 Å². The Balaban J connectivity index is 1.57. The molecule has 0 atom stereocenters. The van der Waals surface area contributed by atoms with E-state index in [0.29, 0.717) is 23.5 Å². The highest BCUT2D eigenvalue weighted by Crippen LogP contribution is 2.23. The van der Waals surface area contributed by atoms with E-state index in [1.54, 1.807) is 11.8 Å². The number of nitrogens with zero attached hydrogens (tertiary/aromatic N) is 3. The Kier molecular flexibility index (Phi) is 5.95. The van der Waals surface area contributed by atoms with Gasteiger partial charge in [0.1, 0.15) is 0 Å². The molecule has 0 amide bonds. The van der Waals surface area contributed by atoms with Gasteiger partial charge in [0.25, 0.3) is 0 Å². The number of benzene rings is 3. The van der Waals surface area contributed by atoms with Gasteiger partial charge >= 0.3 is 0 Å². The van der Waals surface area contributed by atoms with Gasteiger partial charge in [-0.25, -0.2) is 4.98 Å². The molecule has 0 spiro atoms. The lowest BCUT2D eigenvalue weighted by Crippen LogP contribution is -2.06. The number of thioether (sulfide) groups is 1. The quantitative estimate of drug-likeness (QED) is 0.430.